The Labute approximate surface area is 81.6 Å². The zero-order valence-electron chi connectivity index (χ0n) is 7.89. The first kappa shape index (κ1) is 10.6. The molecule has 5 heteroatoms. The second-order valence-corrected chi connectivity index (χ2v) is 3.03. The van der Waals surface area contributed by atoms with E-state index in [-0.39, 0.29) is 19.1 Å². The summed E-state index contributed by atoms with van der Waals surface area (Å²) in [6.45, 7) is 5.43. The zero-order valence-corrected chi connectivity index (χ0v) is 7.89. The van der Waals surface area contributed by atoms with Crippen molar-refractivity contribution in [3.8, 4) is 0 Å². The quantitative estimate of drug-likeness (QED) is 0.500. The van der Waals surface area contributed by atoms with Gasteiger partial charge in [-0.05, 0) is 0 Å². The van der Waals surface area contributed by atoms with Gasteiger partial charge in [-0.15, -0.1) is 0 Å². The molecule has 0 aliphatic carbocycles. The topological polar surface area (TPSA) is 61.8 Å². The highest BCUT2D eigenvalue weighted by atomic mass is 16.7. The SMILES string of the molecule is C=CC(=O)OCC1OC(=O)OCC1C. The van der Waals surface area contributed by atoms with Gasteiger partial charge in [0, 0.05) is 12.0 Å². The summed E-state index contributed by atoms with van der Waals surface area (Å²) >= 11 is 0. The standard InChI is InChI=1S/C9H12O5/c1-3-8(10)12-5-7-6(2)4-13-9(11)14-7/h3,6-7H,1,4-5H2,2H3. The van der Waals surface area contributed by atoms with E-state index in [1.54, 1.807) is 0 Å². The second-order valence-electron chi connectivity index (χ2n) is 3.03. The molecule has 2 atom stereocenters. The maximum absolute atomic E-state index is 10.7. The molecule has 1 heterocycles. The Bertz CT molecular complexity index is 248. The number of ether oxygens (including phenoxy) is 3. The predicted octanol–water partition coefficient (Wildman–Crippen LogP) is 0.887. The summed E-state index contributed by atoms with van der Waals surface area (Å²) in [5, 5.41) is 0. The van der Waals surface area contributed by atoms with Crippen molar-refractivity contribution in [1.29, 1.82) is 0 Å². The van der Waals surface area contributed by atoms with Crippen molar-refractivity contribution < 1.29 is 23.8 Å². The summed E-state index contributed by atoms with van der Waals surface area (Å²) in [7, 11) is 0. The van der Waals surface area contributed by atoms with E-state index in [1.807, 2.05) is 6.92 Å². The predicted molar refractivity (Wildman–Crippen MR) is 46.5 cm³/mol. The Morgan fingerprint density at radius 2 is 2.50 bits per heavy atom. The van der Waals surface area contributed by atoms with Crippen molar-refractivity contribution in [3.05, 3.63) is 12.7 Å². The fourth-order valence-corrected chi connectivity index (χ4v) is 1.00. The van der Waals surface area contributed by atoms with Gasteiger partial charge in [0.25, 0.3) is 0 Å². The molecular formula is C9H12O5. The van der Waals surface area contributed by atoms with E-state index in [0.717, 1.165) is 6.08 Å². The summed E-state index contributed by atoms with van der Waals surface area (Å²) < 4.78 is 14.2. The fourth-order valence-electron chi connectivity index (χ4n) is 1.00. The molecule has 1 saturated heterocycles. The van der Waals surface area contributed by atoms with Gasteiger partial charge in [0.1, 0.15) is 19.3 Å². The summed E-state index contributed by atoms with van der Waals surface area (Å²) in [6, 6.07) is 0. The number of carbonyl (C=O) groups excluding carboxylic acids is 2. The van der Waals surface area contributed by atoms with Gasteiger partial charge in [0.05, 0.1) is 0 Å². The number of cyclic esters (lactones) is 2. The first-order chi connectivity index (χ1) is 6.63. The summed E-state index contributed by atoms with van der Waals surface area (Å²) in [5.74, 6) is -0.509. The Morgan fingerprint density at radius 3 is 3.14 bits per heavy atom. The highest BCUT2D eigenvalue weighted by Crippen LogP contribution is 2.15. The van der Waals surface area contributed by atoms with Crippen molar-refractivity contribution in [1.82, 2.24) is 0 Å². The Kier molecular flexibility index (Phi) is 3.50. The molecule has 1 fully saturated rings. The molecule has 2 unspecified atom stereocenters. The second kappa shape index (κ2) is 4.64. The van der Waals surface area contributed by atoms with Crippen LogP contribution in [0.2, 0.25) is 0 Å². The van der Waals surface area contributed by atoms with Gasteiger partial charge in [-0.1, -0.05) is 13.5 Å². The maximum Gasteiger partial charge on any atom is 0.508 e. The third-order valence-corrected chi connectivity index (χ3v) is 1.90. The van der Waals surface area contributed by atoms with E-state index < -0.39 is 18.2 Å². The molecule has 1 rings (SSSR count). The van der Waals surface area contributed by atoms with E-state index in [2.05, 4.69) is 11.3 Å². The molecule has 0 saturated carbocycles. The minimum absolute atomic E-state index is 0.0188. The van der Waals surface area contributed by atoms with Crippen molar-refractivity contribution in [3.63, 3.8) is 0 Å². The number of carbonyl (C=O) groups is 2. The Morgan fingerprint density at radius 1 is 1.79 bits per heavy atom. The lowest BCUT2D eigenvalue weighted by Crippen LogP contribution is -2.38. The first-order valence-corrected chi connectivity index (χ1v) is 4.26. The highest BCUT2D eigenvalue weighted by Gasteiger charge is 2.29. The average molecular weight is 200 g/mol. The maximum atomic E-state index is 10.7. The van der Waals surface area contributed by atoms with Gasteiger partial charge >= 0.3 is 12.1 Å². The van der Waals surface area contributed by atoms with Crippen LogP contribution in [0.15, 0.2) is 12.7 Å². The largest absolute Gasteiger partial charge is 0.508 e. The molecule has 0 amide bonds. The summed E-state index contributed by atoms with van der Waals surface area (Å²) in [5.41, 5.74) is 0. The van der Waals surface area contributed by atoms with Crippen molar-refractivity contribution in [2.24, 2.45) is 5.92 Å². The van der Waals surface area contributed by atoms with E-state index >= 15 is 0 Å². The minimum atomic E-state index is -0.720. The molecule has 0 radical (unpaired) electrons. The van der Waals surface area contributed by atoms with Crippen LogP contribution in [-0.2, 0) is 19.0 Å². The number of hydrogen-bond donors (Lipinski definition) is 0. The lowest BCUT2D eigenvalue weighted by Gasteiger charge is -2.27. The van der Waals surface area contributed by atoms with E-state index in [9.17, 15) is 9.59 Å². The van der Waals surface area contributed by atoms with Crippen LogP contribution in [-0.4, -0.2) is 31.4 Å². The van der Waals surface area contributed by atoms with Gasteiger partial charge in [0.15, 0.2) is 0 Å². The molecule has 0 spiro atoms. The molecule has 0 bridgehead atoms. The van der Waals surface area contributed by atoms with E-state index in [0.29, 0.717) is 0 Å². The molecule has 0 aromatic carbocycles. The van der Waals surface area contributed by atoms with Crippen LogP contribution in [0.3, 0.4) is 0 Å². The third-order valence-electron chi connectivity index (χ3n) is 1.90. The van der Waals surface area contributed by atoms with Gasteiger partial charge in [-0.3, -0.25) is 0 Å². The highest BCUT2D eigenvalue weighted by molar-refractivity contribution is 5.81. The molecule has 78 valence electrons. The normalized spacial score (nSPS) is 25.9. The first-order valence-electron chi connectivity index (χ1n) is 4.26. The van der Waals surface area contributed by atoms with Crippen molar-refractivity contribution in [2.75, 3.05) is 13.2 Å². The van der Waals surface area contributed by atoms with Crippen LogP contribution < -0.4 is 0 Å². The lowest BCUT2D eigenvalue weighted by molar-refractivity contribution is -0.145. The zero-order chi connectivity index (χ0) is 10.6. The van der Waals surface area contributed by atoms with Gasteiger partial charge < -0.3 is 14.2 Å². The average Bonchev–Trinajstić information content (AvgIpc) is 2.19. The van der Waals surface area contributed by atoms with Gasteiger partial charge in [-0.25, -0.2) is 9.59 Å². The Balaban J connectivity index is 2.38. The van der Waals surface area contributed by atoms with Gasteiger partial charge in [0.2, 0.25) is 0 Å². The van der Waals surface area contributed by atoms with Crippen LogP contribution in [0.25, 0.3) is 0 Å². The van der Waals surface area contributed by atoms with Crippen LogP contribution in [0, 0.1) is 5.92 Å². The molecule has 5 nitrogen and oxygen atoms in total. The van der Waals surface area contributed by atoms with E-state index in [1.165, 1.54) is 0 Å². The van der Waals surface area contributed by atoms with Crippen LogP contribution in [0.4, 0.5) is 4.79 Å². The van der Waals surface area contributed by atoms with Crippen LogP contribution >= 0.6 is 0 Å². The molecule has 0 aromatic heterocycles. The van der Waals surface area contributed by atoms with Crippen molar-refractivity contribution >= 4 is 12.1 Å². The number of rotatable bonds is 3. The lowest BCUT2D eigenvalue weighted by atomic mass is 10.1. The molecule has 1 aliphatic heterocycles. The monoisotopic (exact) mass is 200 g/mol. The number of hydrogen-bond acceptors (Lipinski definition) is 5. The molecule has 14 heavy (non-hydrogen) atoms. The minimum Gasteiger partial charge on any atom is -0.459 e. The molecule has 1 aliphatic rings. The van der Waals surface area contributed by atoms with Crippen molar-refractivity contribution in [2.45, 2.75) is 13.0 Å². The summed E-state index contributed by atoms with van der Waals surface area (Å²) in [4.78, 5) is 21.5. The molecular weight excluding hydrogens is 188 g/mol. The molecule has 0 N–H and O–H groups in total. The van der Waals surface area contributed by atoms with Crippen LogP contribution in [0.1, 0.15) is 6.92 Å². The van der Waals surface area contributed by atoms with E-state index in [4.69, 9.17) is 9.47 Å². The third kappa shape index (κ3) is 2.76. The Hall–Kier alpha value is -1.52. The van der Waals surface area contributed by atoms with Gasteiger partial charge in [-0.2, -0.15) is 0 Å². The smallest absolute Gasteiger partial charge is 0.459 e. The van der Waals surface area contributed by atoms with Crippen LogP contribution in [0.5, 0.6) is 0 Å². The summed E-state index contributed by atoms with van der Waals surface area (Å²) in [6.07, 6.45) is -0.0888. The molecule has 0 aromatic rings. The fraction of sp³-hybridized carbons (Fsp3) is 0.556. The number of esters is 1.